The Kier molecular flexibility index (Phi) is 8.96. The number of esters is 1. The lowest BCUT2D eigenvalue weighted by atomic mass is 10.0. The summed E-state index contributed by atoms with van der Waals surface area (Å²) in [5, 5.41) is 5.34. The van der Waals surface area contributed by atoms with E-state index in [0.717, 1.165) is 5.56 Å². The van der Waals surface area contributed by atoms with Crippen molar-refractivity contribution in [2.24, 2.45) is 5.92 Å². The fourth-order valence-corrected chi connectivity index (χ4v) is 2.53. The molecule has 0 aliphatic heterocycles. The van der Waals surface area contributed by atoms with Gasteiger partial charge in [0.05, 0.1) is 0 Å². The highest BCUT2D eigenvalue weighted by Gasteiger charge is 2.27. The maximum atomic E-state index is 12.8. The van der Waals surface area contributed by atoms with Crippen LogP contribution in [0.5, 0.6) is 0 Å². The van der Waals surface area contributed by atoms with Gasteiger partial charge in [0.15, 0.2) is 6.23 Å². The van der Waals surface area contributed by atoms with Crippen LogP contribution in [0.2, 0.25) is 0 Å². The van der Waals surface area contributed by atoms with E-state index in [-0.39, 0.29) is 12.3 Å². The third-order valence-electron chi connectivity index (χ3n) is 3.59. The Morgan fingerprint density at radius 1 is 1.04 bits per heavy atom. The van der Waals surface area contributed by atoms with Gasteiger partial charge >= 0.3 is 12.1 Å². The predicted molar refractivity (Wildman–Crippen MR) is 106 cm³/mol. The van der Waals surface area contributed by atoms with Crippen LogP contribution in [0.4, 0.5) is 4.79 Å². The summed E-state index contributed by atoms with van der Waals surface area (Å²) in [6.45, 7) is 10.5. The van der Waals surface area contributed by atoms with Crippen LogP contribution < -0.4 is 10.6 Å². The molecule has 2 amide bonds. The van der Waals surface area contributed by atoms with Crippen LogP contribution in [-0.4, -0.2) is 35.8 Å². The molecular formula is C21H32N2O5. The first-order chi connectivity index (χ1) is 13.0. The molecule has 1 aromatic rings. The van der Waals surface area contributed by atoms with Crippen molar-refractivity contribution < 1.29 is 23.9 Å². The average molecular weight is 392 g/mol. The average Bonchev–Trinajstić information content (AvgIpc) is 2.52. The van der Waals surface area contributed by atoms with E-state index >= 15 is 0 Å². The van der Waals surface area contributed by atoms with Crippen LogP contribution in [0.3, 0.4) is 0 Å². The molecule has 2 atom stereocenters. The number of rotatable bonds is 8. The van der Waals surface area contributed by atoms with Crippen molar-refractivity contribution in [2.45, 2.75) is 72.3 Å². The molecule has 1 aromatic carbocycles. The van der Waals surface area contributed by atoms with E-state index in [9.17, 15) is 14.4 Å². The number of amides is 2. The summed E-state index contributed by atoms with van der Waals surface area (Å²) in [6.07, 6.45) is -0.698. The first-order valence-corrected chi connectivity index (χ1v) is 9.47. The number of carbonyl (C=O) groups excluding carboxylic acids is 3. The SMILES string of the molecule is CC(=O)O[C@H](CC(C)C)NC(=O)[C@H](Cc1ccccc1)NC(=O)OC(C)(C)C. The number of benzene rings is 1. The second kappa shape index (κ2) is 10.7. The Labute approximate surface area is 167 Å². The van der Waals surface area contributed by atoms with Crippen LogP contribution in [0.1, 0.15) is 53.5 Å². The molecule has 0 radical (unpaired) electrons. The van der Waals surface area contributed by atoms with Gasteiger partial charge in [-0.05, 0) is 32.3 Å². The van der Waals surface area contributed by atoms with Crippen molar-refractivity contribution in [3.05, 3.63) is 35.9 Å². The molecule has 0 saturated carbocycles. The summed E-state index contributed by atoms with van der Waals surface area (Å²) in [5.41, 5.74) is 0.196. The highest BCUT2D eigenvalue weighted by molar-refractivity contribution is 5.86. The summed E-state index contributed by atoms with van der Waals surface area (Å²) < 4.78 is 10.5. The molecule has 28 heavy (non-hydrogen) atoms. The van der Waals surface area contributed by atoms with Crippen LogP contribution in [-0.2, 0) is 25.5 Å². The molecule has 1 rings (SSSR count). The minimum Gasteiger partial charge on any atom is -0.444 e. The number of ether oxygens (including phenoxy) is 2. The fourth-order valence-electron chi connectivity index (χ4n) is 2.53. The van der Waals surface area contributed by atoms with Crippen molar-refractivity contribution in [1.29, 1.82) is 0 Å². The topological polar surface area (TPSA) is 93.7 Å². The van der Waals surface area contributed by atoms with Crippen molar-refractivity contribution in [2.75, 3.05) is 0 Å². The smallest absolute Gasteiger partial charge is 0.408 e. The first-order valence-electron chi connectivity index (χ1n) is 9.47. The van der Waals surface area contributed by atoms with E-state index in [0.29, 0.717) is 6.42 Å². The number of hydrogen-bond donors (Lipinski definition) is 2. The van der Waals surface area contributed by atoms with Crippen molar-refractivity contribution in [1.82, 2.24) is 10.6 Å². The van der Waals surface area contributed by atoms with Gasteiger partial charge in [0.2, 0.25) is 5.91 Å². The normalized spacial score (nSPS) is 13.4. The predicted octanol–water partition coefficient (Wildman–Crippen LogP) is 3.17. The zero-order valence-electron chi connectivity index (χ0n) is 17.6. The van der Waals surface area contributed by atoms with Gasteiger partial charge in [-0.25, -0.2) is 4.79 Å². The highest BCUT2D eigenvalue weighted by Crippen LogP contribution is 2.10. The second-order valence-corrected chi connectivity index (χ2v) is 8.12. The molecule has 0 aliphatic rings. The third kappa shape index (κ3) is 9.94. The van der Waals surface area contributed by atoms with Gasteiger partial charge in [-0.15, -0.1) is 0 Å². The molecule has 0 aliphatic carbocycles. The minimum absolute atomic E-state index is 0.205. The molecule has 156 valence electrons. The van der Waals surface area contributed by atoms with E-state index < -0.39 is 35.8 Å². The van der Waals surface area contributed by atoms with Gasteiger partial charge in [0.1, 0.15) is 11.6 Å². The van der Waals surface area contributed by atoms with E-state index in [4.69, 9.17) is 9.47 Å². The Morgan fingerprint density at radius 3 is 2.14 bits per heavy atom. The summed E-state index contributed by atoms with van der Waals surface area (Å²) in [4.78, 5) is 36.4. The van der Waals surface area contributed by atoms with Crippen molar-refractivity contribution >= 4 is 18.0 Å². The lowest BCUT2D eigenvalue weighted by Gasteiger charge is -2.26. The van der Waals surface area contributed by atoms with E-state index in [1.807, 2.05) is 44.2 Å². The molecular weight excluding hydrogens is 360 g/mol. The van der Waals surface area contributed by atoms with Gasteiger partial charge in [0.25, 0.3) is 0 Å². The minimum atomic E-state index is -0.873. The number of nitrogens with one attached hydrogen (secondary N) is 2. The maximum Gasteiger partial charge on any atom is 0.408 e. The number of carbonyl (C=O) groups is 3. The zero-order chi connectivity index (χ0) is 21.3. The molecule has 0 spiro atoms. The summed E-state index contributed by atoms with van der Waals surface area (Å²) >= 11 is 0. The molecule has 7 heteroatoms. The molecule has 0 bridgehead atoms. The summed E-state index contributed by atoms with van der Waals surface area (Å²) in [7, 11) is 0. The van der Waals surface area contributed by atoms with Gasteiger partial charge in [-0.1, -0.05) is 44.2 Å². The number of alkyl carbamates (subject to hydrolysis) is 1. The zero-order valence-corrected chi connectivity index (χ0v) is 17.6. The molecule has 0 aromatic heterocycles. The van der Waals surface area contributed by atoms with Gasteiger partial charge in [-0.3, -0.25) is 9.59 Å². The maximum absolute atomic E-state index is 12.8. The molecule has 0 unspecified atom stereocenters. The fraction of sp³-hybridized carbons (Fsp3) is 0.571. The Morgan fingerprint density at radius 2 is 1.64 bits per heavy atom. The highest BCUT2D eigenvalue weighted by atomic mass is 16.6. The monoisotopic (exact) mass is 392 g/mol. The molecule has 0 saturated heterocycles. The Bertz CT molecular complexity index is 653. The third-order valence-corrected chi connectivity index (χ3v) is 3.59. The van der Waals surface area contributed by atoms with Crippen LogP contribution in [0, 0.1) is 5.92 Å². The lowest BCUT2D eigenvalue weighted by Crippen LogP contribution is -2.52. The van der Waals surface area contributed by atoms with Crippen molar-refractivity contribution in [3.63, 3.8) is 0 Å². The quantitative estimate of drug-likeness (QED) is 0.523. The van der Waals surface area contributed by atoms with Crippen molar-refractivity contribution in [3.8, 4) is 0 Å². The lowest BCUT2D eigenvalue weighted by molar-refractivity contribution is -0.150. The van der Waals surface area contributed by atoms with Crippen LogP contribution in [0.15, 0.2) is 30.3 Å². The van der Waals surface area contributed by atoms with E-state index in [1.54, 1.807) is 20.8 Å². The molecule has 2 N–H and O–H groups in total. The molecule has 0 fully saturated rings. The standard InChI is InChI=1S/C21H32N2O5/c1-14(2)12-18(27-15(3)24)23-19(25)17(13-16-10-8-7-9-11-16)22-20(26)28-21(4,5)6/h7-11,14,17-18H,12-13H2,1-6H3,(H,22,26)(H,23,25)/t17-,18+/m0/s1. The molecule has 7 nitrogen and oxygen atoms in total. The largest absolute Gasteiger partial charge is 0.444 e. The van der Waals surface area contributed by atoms with Gasteiger partial charge in [-0.2, -0.15) is 0 Å². The first kappa shape index (κ1) is 23.5. The van der Waals surface area contributed by atoms with E-state index in [1.165, 1.54) is 6.92 Å². The summed E-state index contributed by atoms with van der Waals surface area (Å²) in [5.74, 6) is -0.719. The molecule has 0 heterocycles. The van der Waals surface area contributed by atoms with E-state index in [2.05, 4.69) is 10.6 Å². The second-order valence-electron chi connectivity index (χ2n) is 8.12. The Hall–Kier alpha value is -2.57. The van der Waals surface area contributed by atoms with Gasteiger partial charge in [0, 0.05) is 19.8 Å². The summed E-state index contributed by atoms with van der Waals surface area (Å²) in [6, 6.07) is 8.46. The van der Waals surface area contributed by atoms with Crippen LogP contribution >= 0.6 is 0 Å². The number of hydrogen-bond acceptors (Lipinski definition) is 5. The van der Waals surface area contributed by atoms with Crippen LogP contribution in [0.25, 0.3) is 0 Å². The Balaban J connectivity index is 2.92. The van der Waals surface area contributed by atoms with Gasteiger partial charge < -0.3 is 20.1 Å².